The van der Waals surface area contributed by atoms with E-state index in [1.54, 1.807) is 24.2 Å². The van der Waals surface area contributed by atoms with Crippen LogP contribution >= 0.6 is 11.8 Å². The Bertz CT molecular complexity index is 358. The highest BCUT2D eigenvalue weighted by molar-refractivity contribution is 7.98. The molecule has 0 aliphatic heterocycles. The number of hydrogen-bond acceptors (Lipinski definition) is 3. The lowest BCUT2D eigenvalue weighted by molar-refractivity contribution is -0.123. The fraction of sp³-hybridized carbons (Fsp3) is 0.455. The van der Waals surface area contributed by atoms with Crippen LogP contribution in [0.2, 0.25) is 0 Å². The third-order valence-electron chi connectivity index (χ3n) is 1.93. The summed E-state index contributed by atoms with van der Waals surface area (Å²) in [5.41, 5.74) is 0.399. The molecule has 0 aliphatic carbocycles. The second-order valence-corrected chi connectivity index (χ2v) is 5.13. The number of carbonyl (C=O) groups is 1. The van der Waals surface area contributed by atoms with E-state index in [1.165, 1.54) is 0 Å². The van der Waals surface area contributed by atoms with E-state index >= 15 is 0 Å². The summed E-state index contributed by atoms with van der Waals surface area (Å²) >= 11 is 1.59. The molecule has 0 fully saturated rings. The van der Waals surface area contributed by atoms with Gasteiger partial charge in [-0.1, -0.05) is 20.8 Å². The number of rotatable bonds is 2. The lowest BCUT2D eigenvalue weighted by Gasteiger charge is -2.18. The number of nitrogens with one attached hydrogen (secondary N) is 1. The van der Waals surface area contributed by atoms with E-state index in [2.05, 4.69) is 10.3 Å². The molecule has 0 bridgehead atoms. The SMILES string of the molecule is CSc1ccncc1NC(=O)C(C)(C)C. The van der Waals surface area contributed by atoms with E-state index in [0.717, 1.165) is 10.6 Å². The molecule has 0 spiro atoms. The maximum absolute atomic E-state index is 11.8. The van der Waals surface area contributed by atoms with Crippen LogP contribution in [-0.4, -0.2) is 17.1 Å². The lowest BCUT2D eigenvalue weighted by atomic mass is 9.96. The molecule has 1 N–H and O–H groups in total. The fourth-order valence-corrected chi connectivity index (χ4v) is 1.48. The first-order valence-corrected chi connectivity index (χ1v) is 5.97. The van der Waals surface area contributed by atoms with E-state index in [9.17, 15) is 4.79 Å². The van der Waals surface area contributed by atoms with Gasteiger partial charge in [0, 0.05) is 16.5 Å². The molecule has 4 heteroatoms. The number of amides is 1. The Morgan fingerprint density at radius 2 is 2.13 bits per heavy atom. The lowest BCUT2D eigenvalue weighted by Crippen LogP contribution is -2.27. The van der Waals surface area contributed by atoms with Gasteiger partial charge >= 0.3 is 0 Å². The average Bonchev–Trinajstić information content (AvgIpc) is 2.17. The average molecular weight is 224 g/mol. The van der Waals surface area contributed by atoms with E-state index in [4.69, 9.17) is 0 Å². The molecule has 0 saturated carbocycles. The molecule has 0 unspecified atom stereocenters. The predicted octanol–water partition coefficient (Wildman–Crippen LogP) is 2.79. The Morgan fingerprint density at radius 1 is 1.47 bits per heavy atom. The topological polar surface area (TPSA) is 42.0 Å². The number of anilines is 1. The van der Waals surface area contributed by atoms with Crippen molar-refractivity contribution in [2.24, 2.45) is 5.41 Å². The smallest absolute Gasteiger partial charge is 0.229 e. The van der Waals surface area contributed by atoms with Gasteiger partial charge in [-0.3, -0.25) is 9.78 Å². The van der Waals surface area contributed by atoms with Crippen LogP contribution in [0.1, 0.15) is 20.8 Å². The van der Waals surface area contributed by atoms with Gasteiger partial charge in [0.05, 0.1) is 11.9 Å². The summed E-state index contributed by atoms with van der Waals surface area (Å²) in [5.74, 6) is 0.00537. The van der Waals surface area contributed by atoms with Crippen LogP contribution in [0.25, 0.3) is 0 Å². The first-order chi connectivity index (χ1) is 6.95. The van der Waals surface area contributed by atoms with Crippen LogP contribution in [0.15, 0.2) is 23.4 Å². The zero-order valence-electron chi connectivity index (χ0n) is 9.50. The van der Waals surface area contributed by atoms with Gasteiger partial charge < -0.3 is 5.32 Å². The van der Waals surface area contributed by atoms with Crippen LogP contribution in [0.4, 0.5) is 5.69 Å². The summed E-state index contributed by atoms with van der Waals surface area (Å²) in [5, 5.41) is 2.88. The Hall–Kier alpha value is -1.03. The zero-order chi connectivity index (χ0) is 11.5. The Balaban J connectivity index is 2.85. The van der Waals surface area contributed by atoms with Gasteiger partial charge in [-0.25, -0.2) is 0 Å². The summed E-state index contributed by atoms with van der Waals surface area (Å²) in [6.45, 7) is 5.66. The third kappa shape index (κ3) is 3.23. The van der Waals surface area contributed by atoms with Crippen molar-refractivity contribution in [3.05, 3.63) is 18.5 Å². The zero-order valence-corrected chi connectivity index (χ0v) is 10.3. The highest BCUT2D eigenvalue weighted by Gasteiger charge is 2.21. The molecule has 0 aromatic carbocycles. The third-order valence-corrected chi connectivity index (χ3v) is 2.73. The monoisotopic (exact) mass is 224 g/mol. The molecule has 1 rings (SSSR count). The second-order valence-electron chi connectivity index (χ2n) is 4.28. The van der Waals surface area contributed by atoms with Crippen LogP contribution in [0, 0.1) is 5.41 Å². The summed E-state index contributed by atoms with van der Waals surface area (Å²) in [4.78, 5) is 16.8. The quantitative estimate of drug-likeness (QED) is 0.785. The van der Waals surface area contributed by atoms with Crippen molar-refractivity contribution in [3.8, 4) is 0 Å². The normalized spacial score (nSPS) is 11.2. The van der Waals surface area contributed by atoms with E-state index < -0.39 is 0 Å². The minimum atomic E-state index is -0.383. The molecule has 3 nitrogen and oxygen atoms in total. The van der Waals surface area contributed by atoms with Crippen LogP contribution < -0.4 is 5.32 Å². The van der Waals surface area contributed by atoms with Crippen molar-refractivity contribution in [2.45, 2.75) is 25.7 Å². The number of pyridine rings is 1. The van der Waals surface area contributed by atoms with Crippen molar-refractivity contribution >= 4 is 23.4 Å². The largest absolute Gasteiger partial charge is 0.323 e. The van der Waals surface area contributed by atoms with Gasteiger partial charge in [-0.15, -0.1) is 11.8 Å². The van der Waals surface area contributed by atoms with Crippen molar-refractivity contribution in [1.29, 1.82) is 0 Å². The molecule has 1 aromatic heterocycles. The molecule has 82 valence electrons. The van der Waals surface area contributed by atoms with Gasteiger partial charge in [-0.2, -0.15) is 0 Å². The molecule has 1 aromatic rings. The summed E-state index contributed by atoms with van der Waals surface area (Å²) in [6.07, 6.45) is 5.37. The molecule has 0 radical (unpaired) electrons. The minimum absolute atomic E-state index is 0.00537. The Kier molecular flexibility index (Phi) is 3.74. The van der Waals surface area contributed by atoms with Crippen LogP contribution in [0.3, 0.4) is 0 Å². The summed E-state index contributed by atoms with van der Waals surface area (Å²) in [6, 6.07) is 1.89. The van der Waals surface area contributed by atoms with Gasteiger partial charge in [-0.05, 0) is 12.3 Å². The van der Waals surface area contributed by atoms with Gasteiger partial charge in [0.1, 0.15) is 0 Å². The number of aromatic nitrogens is 1. The van der Waals surface area contributed by atoms with Crippen molar-refractivity contribution < 1.29 is 4.79 Å². The van der Waals surface area contributed by atoms with Crippen molar-refractivity contribution in [1.82, 2.24) is 4.98 Å². The van der Waals surface area contributed by atoms with Crippen LogP contribution in [-0.2, 0) is 4.79 Å². The van der Waals surface area contributed by atoms with E-state index in [0.29, 0.717) is 0 Å². The number of hydrogen-bond donors (Lipinski definition) is 1. The molecule has 1 heterocycles. The van der Waals surface area contributed by atoms with E-state index in [1.807, 2.05) is 33.1 Å². The highest BCUT2D eigenvalue weighted by atomic mass is 32.2. The van der Waals surface area contributed by atoms with Crippen molar-refractivity contribution in [3.63, 3.8) is 0 Å². The summed E-state index contributed by atoms with van der Waals surface area (Å²) in [7, 11) is 0. The van der Waals surface area contributed by atoms with E-state index in [-0.39, 0.29) is 11.3 Å². The van der Waals surface area contributed by atoms with Crippen molar-refractivity contribution in [2.75, 3.05) is 11.6 Å². The highest BCUT2D eigenvalue weighted by Crippen LogP contribution is 2.25. The van der Waals surface area contributed by atoms with Gasteiger partial charge in [0.2, 0.25) is 5.91 Å². The minimum Gasteiger partial charge on any atom is -0.323 e. The van der Waals surface area contributed by atoms with Crippen LogP contribution in [0.5, 0.6) is 0 Å². The first-order valence-electron chi connectivity index (χ1n) is 4.74. The molecule has 0 saturated heterocycles. The molecular formula is C11H16N2OS. The predicted molar refractivity (Wildman–Crippen MR) is 64.1 cm³/mol. The maximum Gasteiger partial charge on any atom is 0.229 e. The molecule has 15 heavy (non-hydrogen) atoms. The molecule has 1 amide bonds. The summed E-state index contributed by atoms with van der Waals surface area (Å²) < 4.78 is 0. The first kappa shape index (κ1) is 12.0. The fourth-order valence-electron chi connectivity index (χ4n) is 0.963. The van der Waals surface area contributed by atoms with Gasteiger partial charge in [0.25, 0.3) is 0 Å². The standard InChI is InChI=1S/C11H16N2OS/c1-11(2,3)10(14)13-8-7-12-6-5-9(8)15-4/h5-7H,1-4H3,(H,13,14). The number of nitrogens with zero attached hydrogens (tertiary/aromatic N) is 1. The second kappa shape index (κ2) is 4.66. The number of thioether (sulfide) groups is 1. The Labute approximate surface area is 94.7 Å². The van der Waals surface area contributed by atoms with Gasteiger partial charge in [0.15, 0.2) is 0 Å². The number of carbonyl (C=O) groups excluding carboxylic acids is 1. The molecular weight excluding hydrogens is 208 g/mol. The Morgan fingerprint density at radius 3 is 2.67 bits per heavy atom. The maximum atomic E-state index is 11.8. The molecule has 0 atom stereocenters. The molecule has 0 aliphatic rings.